The van der Waals surface area contributed by atoms with Crippen molar-refractivity contribution < 1.29 is 14.0 Å². The molecule has 3 aliphatic rings. The minimum absolute atomic E-state index is 0.318. The van der Waals surface area contributed by atoms with Crippen molar-refractivity contribution in [2.45, 2.75) is 64.6 Å². The molecule has 0 aromatic carbocycles. The molecule has 1 spiro atoms. The molecule has 0 unspecified atom stereocenters. The lowest BCUT2D eigenvalue weighted by atomic mass is 9.72. The topological polar surface area (TPSA) is 43.8 Å². The quantitative estimate of drug-likeness (QED) is 0.761. The molecule has 0 amide bonds. The maximum absolute atomic E-state index is 6.20. The Kier molecular flexibility index (Phi) is 4.57. The van der Waals surface area contributed by atoms with Gasteiger partial charge < -0.3 is 18.9 Å². The number of piperidine rings is 1. The molecule has 1 aromatic heterocycles. The van der Waals surface area contributed by atoms with Gasteiger partial charge in [0.15, 0.2) is 0 Å². The van der Waals surface area contributed by atoms with Crippen molar-refractivity contribution in [2.75, 3.05) is 31.2 Å². The van der Waals surface area contributed by atoms with Gasteiger partial charge in [0.1, 0.15) is 5.82 Å². The summed E-state index contributed by atoms with van der Waals surface area (Å²) in [6, 6.07) is 4.15. The Morgan fingerprint density at radius 2 is 1.58 bits per heavy atom. The number of rotatable bonds is 2. The summed E-state index contributed by atoms with van der Waals surface area (Å²) in [7, 11) is -0.326. The van der Waals surface area contributed by atoms with Crippen LogP contribution in [0.5, 0.6) is 0 Å². The van der Waals surface area contributed by atoms with Crippen LogP contribution in [0.4, 0.5) is 5.82 Å². The minimum Gasteiger partial charge on any atom is -0.399 e. The third-order valence-corrected chi connectivity index (χ3v) is 7.00. The molecule has 3 saturated heterocycles. The summed E-state index contributed by atoms with van der Waals surface area (Å²) in [5.41, 5.74) is 0.918. The summed E-state index contributed by atoms with van der Waals surface area (Å²) >= 11 is 0. The molecule has 0 radical (unpaired) electrons. The lowest BCUT2D eigenvalue weighted by Crippen LogP contribution is -2.43. The number of hydrogen-bond donors (Lipinski definition) is 0. The van der Waals surface area contributed by atoms with Crippen molar-refractivity contribution in [3.05, 3.63) is 18.3 Å². The van der Waals surface area contributed by atoms with Gasteiger partial charge in [-0.1, -0.05) is 0 Å². The van der Waals surface area contributed by atoms with Crippen molar-refractivity contribution in [1.82, 2.24) is 4.98 Å². The number of aromatic nitrogens is 1. The van der Waals surface area contributed by atoms with Crippen LogP contribution < -0.4 is 10.4 Å². The average Bonchev–Trinajstić information content (AvgIpc) is 2.84. The summed E-state index contributed by atoms with van der Waals surface area (Å²) in [6.45, 7) is 12.4. The van der Waals surface area contributed by atoms with Crippen molar-refractivity contribution in [2.24, 2.45) is 5.41 Å². The minimum atomic E-state index is -0.326. The first-order valence-electron chi connectivity index (χ1n) is 9.95. The zero-order valence-electron chi connectivity index (χ0n) is 16.6. The summed E-state index contributed by atoms with van der Waals surface area (Å²) in [5, 5.41) is 0. The predicted octanol–water partition coefficient (Wildman–Crippen LogP) is 2.78. The normalized spacial score (nSPS) is 27.1. The summed E-state index contributed by atoms with van der Waals surface area (Å²) < 4.78 is 18.0. The maximum Gasteiger partial charge on any atom is 0.495 e. The first-order chi connectivity index (χ1) is 12.3. The molecule has 142 valence electrons. The van der Waals surface area contributed by atoms with Gasteiger partial charge in [-0.05, 0) is 76.4 Å². The van der Waals surface area contributed by atoms with Gasteiger partial charge in [0, 0.05) is 32.5 Å². The van der Waals surface area contributed by atoms with Gasteiger partial charge in [-0.25, -0.2) is 4.98 Å². The standard InChI is InChI=1S/C20H31BN2O3/c1-18(2)19(3,4)26-21(25-18)16-5-10-22-17(15-16)23-11-6-20(7-12-23)8-13-24-14-9-20/h5,10,15H,6-9,11-14H2,1-4H3. The Labute approximate surface area is 157 Å². The number of pyridine rings is 1. The van der Waals surface area contributed by atoms with Crippen molar-refractivity contribution in [3.63, 3.8) is 0 Å². The van der Waals surface area contributed by atoms with Crippen LogP contribution in [-0.2, 0) is 14.0 Å². The highest BCUT2D eigenvalue weighted by atomic mass is 16.7. The summed E-state index contributed by atoms with van der Waals surface area (Å²) in [4.78, 5) is 7.04. The van der Waals surface area contributed by atoms with Crippen LogP contribution in [0.1, 0.15) is 53.4 Å². The van der Waals surface area contributed by atoms with E-state index in [1.54, 1.807) is 0 Å². The molecule has 3 aliphatic heterocycles. The first-order valence-corrected chi connectivity index (χ1v) is 9.95. The highest BCUT2D eigenvalue weighted by Gasteiger charge is 2.51. The fourth-order valence-electron chi connectivity index (χ4n) is 4.25. The van der Waals surface area contributed by atoms with E-state index in [0.717, 1.165) is 37.6 Å². The van der Waals surface area contributed by atoms with Gasteiger partial charge in [0.05, 0.1) is 11.2 Å². The third kappa shape index (κ3) is 3.27. The lowest BCUT2D eigenvalue weighted by Gasteiger charge is -2.44. The molecule has 0 atom stereocenters. The van der Waals surface area contributed by atoms with Gasteiger partial charge in [-0.3, -0.25) is 0 Å². The molecule has 0 bridgehead atoms. The zero-order chi connectivity index (χ0) is 18.4. The van der Waals surface area contributed by atoms with E-state index in [0.29, 0.717) is 5.41 Å². The fraction of sp³-hybridized carbons (Fsp3) is 0.750. The second-order valence-electron chi connectivity index (χ2n) is 9.14. The SMILES string of the molecule is CC1(C)OB(c2ccnc(N3CCC4(CCOCC4)CC3)c2)OC1(C)C. The molecule has 0 aliphatic carbocycles. The smallest absolute Gasteiger partial charge is 0.399 e. The molecule has 0 saturated carbocycles. The molecule has 1 aromatic rings. The number of anilines is 1. The van der Waals surface area contributed by atoms with Crippen LogP contribution in [0.3, 0.4) is 0 Å². The molecule has 6 heteroatoms. The highest BCUT2D eigenvalue weighted by Crippen LogP contribution is 2.41. The summed E-state index contributed by atoms with van der Waals surface area (Å²) in [6.07, 6.45) is 6.77. The molecule has 0 N–H and O–H groups in total. The van der Waals surface area contributed by atoms with Gasteiger partial charge in [0.25, 0.3) is 0 Å². The van der Waals surface area contributed by atoms with Crippen molar-refractivity contribution >= 4 is 18.4 Å². The second-order valence-corrected chi connectivity index (χ2v) is 9.14. The van der Waals surface area contributed by atoms with E-state index in [1.165, 1.54) is 25.7 Å². The fourth-order valence-corrected chi connectivity index (χ4v) is 4.25. The van der Waals surface area contributed by atoms with Crippen LogP contribution in [-0.4, -0.2) is 49.6 Å². The van der Waals surface area contributed by atoms with Crippen LogP contribution in [0.15, 0.2) is 18.3 Å². The van der Waals surface area contributed by atoms with Crippen LogP contribution in [0, 0.1) is 5.41 Å². The maximum atomic E-state index is 6.20. The van der Waals surface area contributed by atoms with E-state index in [4.69, 9.17) is 14.0 Å². The van der Waals surface area contributed by atoms with E-state index in [2.05, 4.69) is 43.6 Å². The molecule has 3 fully saturated rings. The Bertz CT molecular complexity index is 632. The highest BCUT2D eigenvalue weighted by molar-refractivity contribution is 6.62. The van der Waals surface area contributed by atoms with Gasteiger partial charge in [-0.2, -0.15) is 0 Å². The van der Waals surface area contributed by atoms with Crippen LogP contribution >= 0.6 is 0 Å². The van der Waals surface area contributed by atoms with E-state index < -0.39 is 0 Å². The Balaban J connectivity index is 1.46. The number of hydrogen-bond acceptors (Lipinski definition) is 5. The van der Waals surface area contributed by atoms with E-state index in [1.807, 2.05) is 12.3 Å². The number of ether oxygens (including phenoxy) is 1. The van der Waals surface area contributed by atoms with Crippen molar-refractivity contribution in [1.29, 1.82) is 0 Å². The Morgan fingerprint density at radius 1 is 0.962 bits per heavy atom. The van der Waals surface area contributed by atoms with E-state index in [9.17, 15) is 0 Å². The third-order valence-electron chi connectivity index (χ3n) is 7.00. The Hall–Kier alpha value is -1.11. The van der Waals surface area contributed by atoms with E-state index in [-0.39, 0.29) is 18.3 Å². The molecule has 26 heavy (non-hydrogen) atoms. The van der Waals surface area contributed by atoms with Crippen molar-refractivity contribution in [3.8, 4) is 0 Å². The molecular weight excluding hydrogens is 327 g/mol. The first kappa shape index (κ1) is 18.3. The summed E-state index contributed by atoms with van der Waals surface area (Å²) in [5.74, 6) is 1.04. The molecule has 4 rings (SSSR count). The zero-order valence-corrected chi connectivity index (χ0v) is 16.6. The predicted molar refractivity (Wildman–Crippen MR) is 104 cm³/mol. The molecule has 5 nitrogen and oxygen atoms in total. The molecular formula is C20H31BN2O3. The van der Waals surface area contributed by atoms with Gasteiger partial charge >= 0.3 is 7.12 Å². The van der Waals surface area contributed by atoms with Crippen LogP contribution in [0.25, 0.3) is 0 Å². The van der Waals surface area contributed by atoms with Gasteiger partial charge in [-0.15, -0.1) is 0 Å². The van der Waals surface area contributed by atoms with Crippen LogP contribution in [0.2, 0.25) is 0 Å². The largest absolute Gasteiger partial charge is 0.495 e. The second kappa shape index (κ2) is 6.50. The van der Waals surface area contributed by atoms with Gasteiger partial charge in [0.2, 0.25) is 0 Å². The average molecular weight is 358 g/mol. The monoisotopic (exact) mass is 358 g/mol. The number of nitrogens with zero attached hydrogens (tertiary/aromatic N) is 2. The lowest BCUT2D eigenvalue weighted by molar-refractivity contribution is 0.00206. The van der Waals surface area contributed by atoms with E-state index >= 15 is 0 Å². The Morgan fingerprint density at radius 3 is 2.19 bits per heavy atom. The molecule has 4 heterocycles.